The molecule has 1 amide bonds. The van der Waals surface area contributed by atoms with Crippen LogP contribution in [-0.2, 0) is 17.8 Å². The van der Waals surface area contributed by atoms with Crippen LogP contribution in [0.5, 0.6) is 5.75 Å². The quantitative estimate of drug-likeness (QED) is 0.825. The molecule has 2 aromatic rings. The first-order valence-corrected chi connectivity index (χ1v) is 9.28. The minimum atomic E-state index is -0.134. The molecule has 0 radical (unpaired) electrons. The number of carbonyl (C=O) groups is 1. The third-order valence-corrected chi connectivity index (χ3v) is 5.06. The first-order chi connectivity index (χ1) is 13.0. The van der Waals surface area contributed by atoms with E-state index < -0.39 is 0 Å². The molecule has 0 atom stereocenters. The number of benzene rings is 1. The Morgan fingerprint density at radius 3 is 2.96 bits per heavy atom. The number of carbonyl (C=O) groups excluding carboxylic acids is 1. The topological polar surface area (TPSA) is 54.5 Å². The van der Waals surface area contributed by atoms with Crippen LogP contribution in [0.2, 0.25) is 0 Å². The van der Waals surface area contributed by atoms with Crippen molar-refractivity contribution in [2.75, 3.05) is 25.6 Å². The number of amides is 1. The minimum Gasteiger partial charge on any atom is -0.496 e. The fourth-order valence-electron chi connectivity index (χ4n) is 3.56. The standard InChI is InChI=1S/C22H27N3O2/c1-15-13-23-19(16(2)22(15)27-4)14-24-21(26)10-8-17-7-9-20-18(12-17)6-5-11-25(20)3/h7-10,12-13H,5-6,11,14H2,1-4H3,(H,24,26). The van der Waals surface area contributed by atoms with Crippen LogP contribution in [0.25, 0.3) is 6.08 Å². The van der Waals surface area contributed by atoms with Crippen molar-refractivity contribution in [3.63, 3.8) is 0 Å². The van der Waals surface area contributed by atoms with Gasteiger partial charge in [0, 0.05) is 42.7 Å². The van der Waals surface area contributed by atoms with E-state index in [0.29, 0.717) is 6.54 Å². The lowest BCUT2D eigenvalue weighted by Crippen LogP contribution is -2.24. The van der Waals surface area contributed by atoms with Crippen molar-refractivity contribution in [2.24, 2.45) is 0 Å². The number of aromatic nitrogens is 1. The maximum absolute atomic E-state index is 12.2. The van der Waals surface area contributed by atoms with Crippen LogP contribution in [0.15, 0.2) is 30.5 Å². The molecule has 1 N–H and O–H groups in total. The van der Waals surface area contributed by atoms with Crippen molar-refractivity contribution >= 4 is 17.7 Å². The second kappa shape index (κ2) is 8.25. The first-order valence-electron chi connectivity index (χ1n) is 9.28. The Kier molecular flexibility index (Phi) is 5.79. The van der Waals surface area contributed by atoms with Gasteiger partial charge in [0.2, 0.25) is 5.91 Å². The smallest absolute Gasteiger partial charge is 0.244 e. The first kappa shape index (κ1) is 19.0. The number of rotatable bonds is 5. The number of methoxy groups -OCH3 is 1. The minimum absolute atomic E-state index is 0.134. The number of ether oxygens (including phenoxy) is 1. The second-order valence-corrected chi connectivity index (χ2v) is 7.01. The van der Waals surface area contributed by atoms with Gasteiger partial charge in [-0.3, -0.25) is 9.78 Å². The van der Waals surface area contributed by atoms with Crippen LogP contribution in [0.3, 0.4) is 0 Å². The fraction of sp³-hybridized carbons (Fsp3) is 0.364. The summed E-state index contributed by atoms with van der Waals surface area (Å²) in [4.78, 5) is 18.9. The van der Waals surface area contributed by atoms with Gasteiger partial charge in [-0.2, -0.15) is 0 Å². The van der Waals surface area contributed by atoms with Gasteiger partial charge in [0.15, 0.2) is 0 Å². The van der Waals surface area contributed by atoms with E-state index in [1.54, 1.807) is 19.4 Å². The molecule has 0 saturated carbocycles. The average Bonchev–Trinajstić information content (AvgIpc) is 2.66. The predicted molar refractivity (Wildman–Crippen MR) is 109 cm³/mol. The van der Waals surface area contributed by atoms with E-state index >= 15 is 0 Å². The lowest BCUT2D eigenvalue weighted by molar-refractivity contribution is -0.116. The van der Waals surface area contributed by atoms with Crippen molar-refractivity contribution in [1.82, 2.24) is 10.3 Å². The molecule has 1 aromatic carbocycles. The predicted octanol–water partition coefficient (Wildman–Crippen LogP) is 3.42. The van der Waals surface area contributed by atoms with Gasteiger partial charge in [-0.15, -0.1) is 0 Å². The van der Waals surface area contributed by atoms with Gasteiger partial charge in [-0.05, 0) is 56.0 Å². The Labute approximate surface area is 161 Å². The molecule has 0 fully saturated rings. The van der Waals surface area contributed by atoms with Crippen molar-refractivity contribution in [3.8, 4) is 5.75 Å². The Morgan fingerprint density at radius 1 is 1.37 bits per heavy atom. The van der Waals surface area contributed by atoms with E-state index in [4.69, 9.17) is 4.74 Å². The molecule has 5 heteroatoms. The van der Waals surface area contributed by atoms with Gasteiger partial charge in [0.1, 0.15) is 5.75 Å². The Morgan fingerprint density at radius 2 is 2.19 bits per heavy atom. The van der Waals surface area contributed by atoms with Crippen molar-refractivity contribution in [1.29, 1.82) is 0 Å². The molecular weight excluding hydrogens is 338 g/mol. The zero-order valence-electron chi connectivity index (χ0n) is 16.5. The van der Waals surface area contributed by atoms with Gasteiger partial charge in [-0.25, -0.2) is 0 Å². The molecule has 3 rings (SSSR count). The lowest BCUT2D eigenvalue weighted by atomic mass is 9.99. The third kappa shape index (κ3) is 4.30. The van der Waals surface area contributed by atoms with Crippen molar-refractivity contribution < 1.29 is 9.53 Å². The van der Waals surface area contributed by atoms with Gasteiger partial charge in [0.25, 0.3) is 0 Å². The average molecular weight is 365 g/mol. The number of anilines is 1. The Balaban J connectivity index is 1.63. The molecule has 0 aliphatic carbocycles. The lowest BCUT2D eigenvalue weighted by Gasteiger charge is -2.27. The van der Waals surface area contributed by atoms with Crippen LogP contribution >= 0.6 is 0 Å². The number of nitrogens with zero attached hydrogens (tertiary/aromatic N) is 2. The monoisotopic (exact) mass is 365 g/mol. The molecule has 0 spiro atoms. The number of pyridine rings is 1. The highest BCUT2D eigenvalue weighted by Crippen LogP contribution is 2.27. The zero-order valence-corrected chi connectivity index (χ0v) is 16.5. The van der Waals surface area contributed by atoms with E-state index in [1.807, 2.05) is 19.9 Å². The summed E-state index contributed by atoms with van der Waals surface area (Å²) >= 11 is 0. The van der Waals surface area contributed by atoms with Crippen LogP contribution in [0, 0.1) is 13.8 Å². The van der Waals surface area contributed by atoms with Gasteiger partial charge in [0.05, 0.1) is 19.3 Å². The Bertz CT molecular complexity index is 874. The summed E-state index contributed by atoms with van der Waals surface area (Å²) in [6.07, 6.45) is 7.47. The Hall–Kier alpha value is -2.82. The summed E-state index contributed by atoms with van der Waals surface area (Å²) in [5, 5.41) is 2.90. The summed E-state index contributed by atoms with van der Waals surface area (Å²) in [6, 6.07) is 6.37. The van der Waals surface area contributed by atoms with Crippen LogP contribution in [0.4, 0.5) is 5.69 Å². The molecule has 142 valence electrons. The van der Waals surface area contributed by atoms with Crippen LogP contribution < -0.4 is 15.0 Å². The molecule has 0 unspecified atom stereocenters. The van der Waals surface area contributed by atoms with E-state index in [2.05, 4.69) is 40.4 Å². The van der Waals surface area contributed by atoms with Crippen molar-refractivity contribution in [2.45, 2.75) is 33.2 Å². The molecule has 1 aliphatic rings. The number of nitrogens with one attached hydrogen (secondary N) is 1. The largest absolute Gasteiger partial charge is 0.496 e. The fourth-order valence-corrected chi connectivity index (χ4v) is 3.56. The molecular formula is C22H27N3O2. The summed E-state index contributed by atoms with van der Waals surface area (Å²) in [5.41, 5.74) is 6.45. The third-order valence-electron chi connectivity index (χ3n) is 5.06. The van der Waals surface area contributed by atoms with E-state index in [-0.39, 0.29) is 5.91 Å². The molecule has 0 bridgehead atoms. The maximum Gasteiger partial charge on any atom is 0.244 e. The molecule has 27 heavy (non-hydrogen) atoms. The molecule has 1 aliphatic heterocycles. The van der Waals surface area contributed by atoms with Gasteiger partial charge >= 0.3 is 0 Å². The zero-order chi connectivity index (χ0) is 19.4. The van der Waals surface area contributed by atoms with Gasteiger partial charge < -0.3 is 15.0 Å². The molecule has 0 saturated heterocycles. The van der Waals surface area contributed by atoms with Crippen LogP contribution in [0.1, 0.15) is 34.4 Å². The highest BCUT2D eigenvalue weighted by atomic mass is 16.5. The summed E-state index contributed by atoms with van der Waals surface area (Å²) in [6.45, 7) is 5.39. The van der Waals surface area contributed by atoms with E-state index in [1.165, 1.54) is 17.7 Å². The summed E-state index contributed by atoms with van der Waals surface area (Å²) in [5.74, 6) is 0.689. The molecule has 2 heterocycles. The number of aryl methyl sites for hydroxylation is 2. The second-order valence-electron chi connectivity index (χ2n) is 7.01. The normalized spacial score (nSPS) is 13.6. The SMILES string of the molecule is COc1c(C)cnc(CNC(=O)C=Cc2ccc3c(c2)CCCN3C)c1C. The van der Waals surface area contributed by atoms with Crippen molar-refractivity contribution in [3.05, 3.63) is 58.4 Å². The molecule has 5 nitrogen and oxygen atoms in total. The number of hydrogen-bond acceptors (Lipinski definition) is 4. The highest BCUT2D eigenvalue weighted by molar-refractivity contribution is 5.91. The summed E-state index contributed by atoms with van der Waals surface area (Å²) < 4.78 is 5.41. The number of fused-ring (bicyclic) bond motifs is 1. The molecule has 1 aromatic heterocycles. The highest BCUT2D eigenvalue weighted by Gasteiger charge is 2.13. The summed E-state index contributed by atoms with van der Waals surface area (Å²) in [7, 11) is 3.77. The van der Waals surface area contributed by atoms with Gasteiger partial charge in [-0.1, -0.05) is 6.07 Å². The number of hydrogen-bond donors (Lipinski definition) is 1. The maximum atomic E-state index is 12.2. The van der Waals surface area contributed by atoms with E-state index in [9.17, 15) is 4.79 Å². The van der Waals surface area contributed by atoms with E-state index in [0.717, 1.165) is 41.1 Å². The van der Waals surface area contributed by atoms with Crippen LogP contribution in [-0.4, -0.2) is 31.6 Å².